The molecule has 0 aliphatic carbocycles. The van der Waals surface area contributed by atoms with E-state index in [1.165, 1.54) is 10.9 Å². The minimum Gasteiger partial charge on any atom is -0.365 e. The molecule has 0 aliphatic heterocycles. The molecule has 5 nitrogen and oxygen atoms in total. The van der Waals surface area contributed by atoms with Crippen molar-refractivity contribution < 1.29 is 0 Å². The van der Waals surface area contributed by atoms with Gasteiger partial charge in [-0.15, -0.1) is 11.3 Å². The molecule has 0 atom stereocenters. The van der Waals surface area contributed by atoms with Gasteiger partial charge in [0.25, 0.3) is 0 Å². The molecule has 0 unspecified atom stereocenters. The molecule has 3 heterocycles. The first kappa shape index (κ1) is 15.0. The van der Waals surface area contributed by atoms with Gasteiger partial charge >= 0.3 is 0 Å². The molecular weight excluding hydrogens is 294 g/mol. The summed E-state index contributed by atoms with van der Waals surface area (Å²) in [6, 6.07) is 0. The van der Waals surface area contributed by atoms with E-state index in [1.54, 1.807) is 11.3 Å². The van der Waals surface area contributed by atoms with E-state index in [2.05, 4.69) is 44.7 Å². The minimum absolute atomic E-state index is 0.614. The number of hydrogen-bond donors (Lipinski definition) is 2. The molecule has 0 saturated heterocycles. The van der Waals surface area contributed by atoms with Crippen molar-refractivity contribution in [2.45, 2.75) is 40.7 Å². The minimum atomic E-state index is 0.614. The summed E-state index contributed by atoms with van der Waals surface area (Å²) in [5, 5.41) is 13.9. The van der Waals surface area contributed by atoms with Gasteiger partial charge in [-0.1, -0.05) is 13.8 Å². The van der Waals surface area contributed by atoms with Crippen LogP contribution in [0.15, 0.2) is 11.6 Å². The van der Waals surface area contributed by atoms with E-state index in [-0.39, 0.29) is 0 Å². The first-order valence-corrected chi connectivity index (χ1v) is 8.40. The van der Waals surface area contributed by atoms with Gasteiger partial charge in [-0.2, -0.15) is 5.10 Å². The van der Waals surface area contributed by atoms with E-state index >= 15 is 0 Å². The molecule has 0 amide bonds. The Bertz CT molecular complexity index is 787. The molecule has 3 aromatic rings. The number of aromatic amines is 1. The zero-order chi connectivity index (χ0) is 15.7. The summed E-state index contributed by atoms with van der Waals surface area (Å²) in [5.41, 5.74) is 3.58. The second-order valence-electron chi connectivity index (χ2n) is 6.03. The number of anilines is 1. The van der Waals surface area contributed by atoms with E-state index in [4.69, 9.17) is 0 Å². The highest BCUT2D eigenvalue weighted by molar-refractivity contribution is 7.17. The van der Waals surface area contributed by atoms with Crippen LogP contribution in [-0.2, 0) is 13.0 Å². The molecule has 0 bridgehead atoms. The van der Waals surface area contributed by atoms with Crippen LogP contribution in [0.5, 0.6) is 0 Å². The quantitative estimate of drug-likeness (QED) is 0.750. The van der Waals surface area contributed by atoms with Crippen LogP contribution in [0, 0.1) is 19.8 Å². The molecular formula is C16H21N5S. The third kappa shape index (κ3) is 2.97. The number of rotatable bonds is 5. The first-order chi connectivity index (χ1) is 10.5. The lowest BCUT2D eigenvalue weighted by molar-refractivity contribution is 0.651. The maximum atomic E-state index is 4.62. The van der Waals surface area contributed by atoms with Crippen LogP contribution >= 0.6 is 11.3 Å². The van der Waals surface area contributed by atoms with Gasteiger partial charge < -0.3 is 5.32 Å². The number of H-pyrrole nitrogens is 1. The van der Waals surface area contributed by atoms with Gasteiger partial charge in [-0.3, -0.25) is 5.10 Å². The standard InChI is InChI=1S/C16H21N5S/c1-9(2)5-12-8-22-16-14(12)15(19-11(4)20-16)17-6-13-7-18-21-10(13)3/h7-9H,5-6H2,1-4H3,(H,18,21)(H,17,19,20). The second kappa shape index (κ2) is 6.04. The van der Waals surface area contributed by atoms with Crippen molar-refractivity contribution in [2.24, 2.45) is 5.92 Å². The lowest BCUT2D eigenvalue weighted by Crippen LogP contribution is -2.05. The van der Waals surface area contributed by atoms with Crippen LogP contribution in [0.3, 0.4) is 0 Å². The third-order valence-electron chi connectivity index (χ3n) is 3.63. The third-order valence-corrected chi connectivity index (χ3v) is 4.55. The Morgan fingerprint density at radius 3 is 2.73 bits per heavy atom. The molecule has 0 aliphatic rings. The van der Waals surface area contributed by atoms with Crippen LogP contribution in [-0.4, -0.2) is 20.2 Å². The topological polar surface area (TPSA) is 66.5 Å². The van der Waals surface area contributed by atoms with Gasteiger partial charge in [0.2, 0.25) is 0 Å². The van der Waals surface area contributed by atoms with Gasteiger partial charge in [0.15, 0.2) is 0 Å². The Morgan fingerprint density at radius 2 is 2.05 bits per heavy atom. The van der Waals surface area contributed by atoms with Gasteiger partial charge in [0.1, 0.15) is 16.5 Å². The Kier molecular flexibility index (Phi) is 4.11. The van der Waals surface area contributed by atoms with Gasteiger partial charge in [-0.25, -0.2) is 9.97 Å². The summed E-state index contributed by atoms with van der Waals surface area (Å²) in [5.74, 6) is 2.35. The number of aryl methyl sites for hydroxylation is 2. The number of nitrogens with zero attached hydrogens (tertiary/aromatic N) is 3. The van der Waals surface area contributed by atoms with Crippen molar-refractivity contribution in [3.8, 4) is 0 Å². The Hall–Kier alpha value is -1.95. The molecule has 3 rings (SSSR count). The van der Waals surface area contributed by atoms with Gasteiger partial charge in [0.05, 0.1) is 11.6 Å². The first-order valence-electron chi connectivity index (χ1n) is 7.52. The lowest BCUT2D eigenvalue weighted by atomic mass is 10.0. The van der Waals surface area contributed by atoms with Crippen LogP contribution in [0.1, 0.15) is 36.5 Å². The average molecular weight is 315 g/mol. The summed E-state index contributed by atoms with van der Waals surface area (Å²) >= 11 is 1.70. The van der Waals surface area contributed by atoms with E-state index < -0.39 is 0 Å². The average Bonchev–Trinajstić information content (AvgIpc) is 3.02. The fourth-order valence-corrected chi connectivity index (χ4v) is 3.56. The number of fused-ring (bicyclic) bond motifs is 1. The van der Waals surface area contributed by atoms with Crippen molar-refractivity contribution in [3.05, 3.63) is 34.2 Å². The van der Waals surface area contributed by atoms with Crippen LogP contribution < -0.4 is 5.32 Å². The highest BCUT2D eigenvalue weighted by atomic mass is 32.1. The number of hydrogen-bond acceptors (Lipinski definition) is 5. The highest BCUT2D eigenvalue weighted by Crippen LogP contribution is 2.31. The van der Waals surface area contributed by atoms with E-state index in [0.717, 1.165) is 34.2 Å². The number of nitrogens with one attached hydrogen (secondary N) is 2. The summed E-state index contributed by atoms with van der Waals surface area (Å²) in [6.45, 7) is 9.15. The maximum absolute atomic E-state index is 4.62. The molecule has 2 N–H and O–H groups in total. The molecule has 3 aromatic heterocycles. The molecule has 0 saturated carbocycles. The Morgan fingerprint density at radius 1 is 1.23 bits per heavy atom. The van der Waals surface area contributed by atoms with Crippen molar-refractivity contribution in [1.29, 1.82) is 0 Å². The lowest BCUT2D eigenvalue weighted by Gasteiger charge is -2.10. The molecule has 0 spiro atoms. The summed E-state index contributed by atoms with van der Waals surface area (Å²) in [4.78, 5) is 10.3. The zero-order valence-corrected chi connectivity index (χ0v) is 14.2. The number of aromatic nitrogens is 4. The summed E-state index contributed by atoms with van der Waals surface area (Å²) in [7, 11) is 0. The van der Waals surface area contributed by atoms with Gasteiger partial charge in [-0.05, 0) is 37.1 Å². The molecule has 0 radical (unpaired) electrons. The SMILES string of the molecule is Cc1nc(NCc2cn[nH]c2C)c2c(CC(C)C)csc2n1. The van der Waals surface area contributed by atoms with E-state index in [1.807, 2.05) is 20.0 Å². The predicted octanol–water partition coefficient (Wildman–Crippen LogP) is 3.84. The zero-order valence-electron chi connectivity index (χ0n) is 13.4. The number of thiophene rings is 1. The van der Waals surface area contributed by atoms with Crippen LogP contribution in [0.4, 0.5) is 5.82 Å². The molecule has 0 aromatic carbocycles. The van der Waals surface area contributed by atoms with Crippen molar-refractivity contribution in [1.82, 2.24) is 20.2 Å². The highest BCUT2D eigenvalue weighted by Gasteiger charge is 2.14. The molecule has 6 heteroatoms. The Balaban J connectivity index is 1.96. The second-order valence-corrected chi connectivity index (χ2v) is 6.89. The predicted molar refractivity (Wildman–Crippen MR) is 91.3 cm³/mol. The fourth-order valence-electron chi connectivity index (χ4n) is 2.56. The normalized spacial score (nSPS) is 11.5. The smallest absolute Gasteiger partial charge is 0.139 e. The van der Waals surface area contributed by atoms with Crippen LogP contribution in [0.2, 0.25) is 0 Å². The molecule has 22 heavy (non-hydrogen) atoms. The maximum Gasteiger partial charge on any atom is 0.139 e. The fraction of sp³-hybridized carbons (Fsp3) is 0.438. The molecule has 116 valence electrons. The summed E-state index contributed by atoms with van der Waals surface area (Å²) in [6.07, 6.45) is 2.90. The Labute approximate surface area is 134 Å². The van der Waals surface area contributed by atoms with Gasteiger partial charge in [0, 0.05) is 17.8 Å². The van der Waals surface area contributed by atoms with Crippen molar-refractivity contribution in [3.63, 3.8) is 0 Å². The van der Waals surface area contributed by atoms with E-state index in [0.29, 0.717) is 12.5 Å². The molecule has 0 fully saturated rings. The largest absolute Gasteiger partial charge is 0.365 e. The monoisotopic (exact) mass is 315 g/mol. The van der Waals surface area contributed by atoms with Crippen molar-refractivity contribution >= 4 is 27.4 Å². The van der Waals surface area contributed by atoms with Crippen molar-refractivity contribution in [2.75, 3.05) is 5.32 Å². The summed E-state index contributed by atoms with van der Waals surface area (Å²) < 4.78 is 0. The van der Waals surface area contributed by atoms with E-state index in [9.17, 15) is 0 Å². The van der Waals surface area contributed by atoms with Crippen LogP contribution in [0.25, 0.3) is 10.2 Å².